The van der Waals surface area contributed by atoms with Crippen LogP contribution in [0.3, 0.4) is 0 Å². The van der Waals surface area contributed by atoms with E-state index in [-0.39, 0.29) is 13.2 Å². The van der Waals surface area contributed by atoms with Gasteiger partial charge in [0, 0.05) is 12.4 Å². The molecule has 0 unspecified atom stereocenters. The van der Waals surface area contributed by atoms with E-state index in [0.29, 0.717) is 5.56 Å². The molecule has 1 amide bonds. The molecule has 1 aromatic heterocycles. The van der Waals surface area contributed by atoms with E-state index in [0.717, 1.165) is 0 Å². The van der Waals surface area contributed by atoms with Gasteiger partial charge in [0.2, 0.25) is 0 Å². The van der Waals surface area contributed by atoms with Gasteiger partial charge < -0.3 is 15.5 Å². The summed E-state index contributed by atoms with van der Waals surface area (Å²) in [4.78, 5) is 18.7. The molecule has 1 aromatic rings. The third-order valence-electron chi connectivity index (χ3n) is 1.60. The number of nitrogens with one attached hydrogen (secondary N) is 1. The van der Waals surface area contributed by atoms with Crippen LogP contribution in [0.15, 0.2) is 18.7 Å². The summed E-state index contributed by atoms with van der Waals surface area (Å²) in [7, 11) is 0. The van der Waals surface area contributed by atoms with E-state index in [4.69, 9.17) is 10.2 Å². The zero-order valence-electron chi connectivity index (χ0n) is 7.42. The molecule has 0 radical (unpaired) electrons. The van der Waals surface area contributed by atoms with E-state index < -0.39 is 11.9 Å². The Morgan fingerprint density at radius 1 is 1.36 bits per heavy atom. The lowest BCUT2D eigenvalue weighted by molar-refractivity contribution is 0.0878. The normalized spacial score (nSPS) is 10.2. The quantitative estimate of drug-likeness (QED) is 0.549. The molecule has 0 saturated heterocycles. The van der Waals surface area contributed by atoms with Crippen LogP contribution in [0, 0.1) is 0 Å². The summed E-state index contributed by atoms with van der Waals surface area (Å²) in [5, 5.41) is 19.8. The first-order valence-electron chi connectivity index (χ1n) is 4.05. The predicted octanol–water partition coefficient (Wildman–Crippen LogP) is -1.44. The minimum absolute atomic E-state index is 0.291. The van der Waals surface area contributed by atoms with Crippen LogP contribution in [0.5, 0.6) is 0 Å². The molecule has 3 N–H and O–H groups in total. The van der Waals surface area contributed by atoms with E-state index in [1.807, 2.05) is 0 Å². The molecule has 0 spiro atoms. The maximum Gasteiger partial charge on any atom is 0.254 e. The lowest BCUT2D eigenvalue weighted by Crippen LogP contribution is -2.40. The lowest BCUT2D eigenvalue weighted by Gasteiger charge is -2.12. The van der Waals surface area contributed by atoms with Gasteiger partial charge in [0.25, 0.3) is 5.91 Å². The van der Waals surface area contributed by atoms with Crippen molar-refractivity contribution in [2.75, 3.05) is 13.2 Å². The zero-order valence-corrected chi connectivity index (χ0v) is 7.42. The van der Waals surface area contributed by atoms with Crippen molar-refractivity contribution in [2.45, 2.75) is 6.04 Å². The van der Waals surface area contributed by atoms with E-state index in [1.54, 1.807) is 0 Å². The van der Waals surface area contributed by atoms with E-state index in [1.165, 1.54) is 18.7 Å². The standard InChI is InChI=1S/C8H11N3O3/c12-3-7(4-13)11-8(14)6-1-9-5-10-2-6/h1-2,5,7,12-13H,3-4H2,(H,11,14). The fourth-order valence-corrected chi connectivity index (χ4v) is 0.834. The van der Waals surface area contributed by atoms with Crippen molar-refractivity contribution in [3.63, 3.8) is 0 Å². The van der Waals surface area contributed by atoms with Gasteiger partial charge in [-0.25, -0.2) is 9.97 Å². The van der Waals surface area contributed by atoms with Gasteiger partial charge in [-0.2, -0.15) is 0 Å². The molecule has 0 aliphatic carbocycles. The largest absolute Gasteiger partial charge is 0.394 e. The average Bonchev–Trinajstić information content (AvgIpc) is 2.26. The summed E-state index contributed by atoms with van der Waals surface area (Å²) < 4.78 is 0. The van der Waals surface area contributed by atoms with Crippen molar-refractivity contribution < 1.29 is 15.0 Å². The van der Waals surface area contributed by atoms with Crippen LogP contribution in [0.1, 0.15) is 10.4 Å². The first kappa shape index (κ1) is 10.6. The van der Waals surface area contributed by atoms with Gasteiger partial charge in [-0.15, -0.1) is 0 Å². The first-order valence-corrected chi connectivity index (χ1v) is 4.05. The number of carbonyl (C=O) groups is 1. The van der Waals surface area contributed by atoms with Gasteiger partial charge in [-0.1, -0.05) is 0 Å². The molecular weight excluding hydrogens is 186 g/mol. The van der Waals surface area contributed by atoms with Gasteiger partial charge >= 0.3 is 0 Å². The van der Waals surface area contributed by atoms with Crippen LogP contribution in [0.2, 0.25) is 0 Å². The Hall–Kier alpha value is -1.53. The molecule has 0 atom stereocenters. The Morgan fingerprint density at radius 3 is 2.43 bits per heavy atom. The minimum Gasteiger partial charge on any atom is -0.394 e. The van der Waals surface area contributed by atoms with E-state index in [9.17, 15) is 4.79 Å². The van der Waals surface area contributed by atoms with Crippen LogP contribution in [0.4, 0.5) is 0 Å². The van der Waals surface area contributed by atoms with E-state index >= 15 is 0 Å². The van der Waals surface area contributed by atoms with Gasteiger partial charge in [0.15, 0.2) is 0 Å². The van der Waals surface area contributed by atoms with Crippen LogP contribution >= 0.6 is 0 Å². The van der Waals surface area contributed by atoms with Crippen LogP contribution in [0.25, 0.3) is 0 Å². The highest BCUT2D eigenvalue weighted by Crippen LogP contribution is 1.93. The molecule has 14 heavy (non-hydrogen) atoms. The van der Waals surface area contributed by atoms with Crippen LogP contribution < -0.4 is 5.32 Å². The molecule has 6 heteroatoms. The third-order valence-corrected chi connectivity index (χ3v) is 1.60. The van der Waals surface area contributed by atoms with Gasteiger partial charge in [-0.05, 0) is 0 Å². The fraction of sp³-hybridized carbons (Fsp3) is 0.375. The highest BCUT2D eigenvalue weighted by atomic mass is 16.3. The van der Waals surface area contributed by atoms with Gasteiger partial charge in [-0.3, -0.25) is 4.79 Å². The molecule has 0 aliphatic heterocycles. The van der Waals surface area contributed by atoms with Crippen molar-refractivity contribution in [3.8, 4) is 0 Å². The second-order valence-corrected chi connectivity index (χ2v) is 2.66. The Balaban J connectivity index is 2.59. The second kappa shape index (κ2) is 5.25. The Bertz CT molecular complexity index is 287. The second-order valence-electron chi connectivity index (χ2n) is 2.66. The summed E-state index contributed by atoms with van der Waals surface area (Å²) in [5.74, 6) is -0.418. The number of aliphatic hydroxyl groups excluding tert-OH is 2. The highest BCUT2D eigenvalue weighted by Gasteiger charge is 2.11. The van der Waals surface area contributed by atoms with E-state index in [2.05, 4.69) is 15.3 Å². The van der Waals surface area contributed by atoms with Crippen molar-refractivity contribution in [1.82, 2.24) is 15.3 Å². The third kappa shape index (κ3) is 2.75. The fourth-order valence-electron chi connectivity index (χ4n) is 0.834. The monoisotopic (exact) mass is 197 g/mol. The number of hydrogen-bond acceptors (Lipinski definition) is 5. The number of nitrogens with zero attached hydrogens (tertiary/aromatic N) is 2. The molecular formula is C8H11N3O3. The molecule has 6 nitrogen and oxygen atoms in total. The summed E-state index contributed by atoms with van der Waals surface area (Å²) in [6.45, 7) is -0.619. The number of carbonyl (C=O) groups excluding carboxylic acids is 1. The van der Waals surface area contributed by atoms with Gasteiger partial charge in [0.05, 0.1) is 24.8 Å². The number of amides is 1. The topological polar surface area (TPSA) is 95.3 Å². The number of aliphatic hydroxyl groups is 2. The Morgan fingerprint density at radius 2 is 1.93 bits per heavy atom. The molecule has 0 aliphatic rings. The number of rotatable bonds is 4. The van der Waals surface area contributed by atoms with Crippen LogP contribution in [-0.4, -0.2) is 45.3 Å². The molecule has 1 heterocycles. The van der Waals surface area contributed by atoms with Gasteiger partial charge in [0.1, 0.15) is 6.33 Å². The maximum absolute atomic E-state index is 11.4. The smallest absolute Gasteiger partial charge is 0.254 e. The first-order chi connectivity index (χ1) is 6.77. The molecule has 0 fully saturated rings. The Labute approximate surface area is 80.6 Å². The molecule has 76 valence electrons. The minimum atomic E-state index is -0.650. The van der Waals surface area contributed by atoms with Crippen molar-refractivity contribution in [1.29, 1.82) is 0 Å². The van der Waals surface area contributed by atoms with Crippen molar-refractivity contribution in [3.05, 3.63) is 24.3 Å². The number of aromatic nitrogens is 2. The highest BCUT2D eigenvalue weighted by molar-refractivity contribution is 5.93. The predicted molar refractivity (Wildman–Crippen MR) is 47.5 cm³/mol. The average molecular weight is 197 g/mol. The Kier molecular flexibility index (Phi) is 3.96. The van der Waals surface area contributed by atoms with Crippen molar-refractivity contribution in [2.24, 2.45) is 0 Å². The summed E-state index contributed by atoms with van der Waals surface area (Å²) in [5.41, 5.74) is 0.291. The number of hydrogen-bond donors (Lipinski definition) is 3. The molecule has 0 aromatic carbocycles. The summed E-state index contributed by atoms with van der Waals surface area (Å²) in [6, 6.07) is -0.650. The maximum atomic E-state index is 11.4. The summed E-state index contributed by atoms with van der Waals surface area (Å²) >= 11 is 0. The molecule has 1 rings (SSSR count). The molecule has 0 saturated carbocycles. The van der Waals surface area contributed by atoms with Crippen molar-refractivity contribution >= 4 is 5.91 Å². The SMILES string of the molecule is O=C(NC(CO)CO)c1cncnc1. The zero-order chi connectivity index (χ0) is 10.4. The van der Waals surface area contributed by atoms with Crippen LogP contribution in [-0.2, 0) is 0 Å². The lowest BCUT2D eigenvalue weighted by atomic mass is 10.2. The summed E-state index contributed by atoms with van der Waals surface area (Å²) in [6.07, 6.45) is 4.02. The molecule has 0 bridgehead atoms.